The number of aryl methyl sites for hydroxylation is 3. The molecule has 1 N–H and O–H groups in total. The molecular weight excluding hydrogens is 322 g/mol. The summed E-state index contributed by atoms with van der Waals surface area (Å²) in [6.07, 6.45) is 0. The van der Waals surface area contributed by atoms with E-state index < -0.39 is 0 Å². The SMILES string of the molecule is Cc1cccc(N2CCN(C(=O)c3[nH]c4cc(C)ccc4c3C)CC2)c1. The number of piperazine rings is 1. The Labute approximate surface area is 154 Å². The normalized spacial score (nSPS) is 14.9. The van der Waals surface area contributed by atoms with E-state index in [9.17, 15) is 4.79 Å². The molecule has 0 radical (unpaired) electrons. The highest BCUT2D eigenvalue weighted by molar-refractivity contribution is 6.01. The van der Waals surface area contributed by atoms with Crippen LogP contribution >= 0.6 is 0 Å². The molecule has 4 nitrogen and oxygen atoms in total. The van der Waals surface area contributed by atoms with Gasteiger partial charge in [0.1, 0.15) is 5.69 Å². The van der Waals surface area contributed by atoms with Gasteiger partial charge in [-0.1, -0.05) is 24.3 Å². The largest absolute Gasteiger partial charge is 0.368 e. The minimum atomic E-state index is 0.111. The molecule has 2 heterocycles. The number of aromatic nitrogens is 1. The third-order valence-electron chi connectivity index (χ3n) is 5.36. The molecule has 26 heavy (non-hydrogen) atoms. The highest BCUT2D eigenvalue weighted by Gasteiger charge is 2.25. The number of benzene rings is 2. The molecule has 1 saturated heterocycles. The van der Waals surface area contributed by atoms with Crippen LogP contribution in [0.25, 0.3) is 10.9 Å². The minimum Gasteiger partial charge on any atom is -0.368 e. The summed E-state index contributed by atoms with van der Waals surface area (Å²) in [6.45, 7) is 9.46. The topological polar surface area (TPSA) is 39.3 Å². The number of hydrogen-bond acceptors (Lipinski definition) is 2. The number of amides is 1. The number of rotatable bonds is 2. The van der Waals surface area contributed by atoms with Crippen molar-refractivity contribution in [3.05, 3.63) is 64.8 Å². The molecule has 2 aromatic carbocycles. The lowest BCUT2D eigenvalue weighted by molar-refractivity contribution is 0.0741. The lowest BCUT2D eigenvalue weighted by Gasteiger charge is -2.36. The molecule has 0 spiro atoms. The van der Waals surface area contributed by atoms with Crippen molar-refractivity contribution >= 4 is 22.5 Å². The number of anilines is 1. The van der Waals surface area contributed by atoms with E-state index in [1.807, 2.05) is 11.8 Å². The summed E-state index contributed by atoms with van der Waals surface area (Å²) in [7, 11) is 0. The van der Waals surface area contributed by atoms with E-state index in [1.165, 1.54) is 16.8 Å². The Hall–Kier alpha value is -2.75. The van der Waals surface area contributed by atoms with Crippen molar-refractivity contribution in [2.24, 2.45) is 0 Å². The van der Waals surface area contributed by atoms with Crippen LogP contribution in [0.1, 0.15) is 27.2 Å². The van der Waals surface area contributed by atoms with E-state index in [4.69, 9.17) is 0 Å². The summed E-state index contributed by atoms with van der Waals surface area (Å²) in [5.41, 5.74) is 6.54. The molecule has 1 aliphatic rings. The van der Waals surface area contributed by atoms with Crippen molar-refractivity contribution in [1.29, 1.82) is 0 Å². The average Bonchev–Trinajstić information content (AvgIpc) is 2.97. The van der Waals surface area contributed by atoms with Crippen LogP contribution in [-0.2, 0) is 0 Å². The molecule has 0 aliphatic carbocycles. The maximum atomic E-state index is 13.0. The number of carbonyl (C=O) groups excluding carboxylic acids is 1. The highest BCUT2D eigenvalue weighted by Crippen LogP contribution is 2.25. The number of carbonyl (C=O) groups is 1. The molecule has 0 unspecified atom stereocenters. The van der Waals surface area contributed by atoms with E-state index in [0.717, 1.165) is 48.3 Å². The molecule has 4 heteroatoms. The van der Waals surface area contributed by atoms with Gasteiger partial charge in [0.2, 0.25) is 0 Å². The van der Waals surface area contributed by atoms with Gasteiger partial charge in [0.05, 0.1) is 0 Å². The number of H-pyrrole nitrogens is 1. The van der Waals surface area contributed by atoms with Gasteiger partial charge in [-0.3, -0.25) is 4.79 Å². The highest BCUT2D eigenvalue weighted by atomic mass is 16.2. The molecule has 3 aromatic rings. The van der Waals surface area contributed by atoms with Crippen LogP contribution in [0.2, 0.25) is 0 Å². The average molecular weight is 347 g/mol. The maximum absolute atomic E-state index is 13.0. The van der Waals surface area contributed by atoms with Crippen molar-refractivity contribution in [3.63, 3.8) is 0 Å². The molecule has 1 aliphatic heterocycles. The number of aromatic amines is 1. The molecule has 1 amide bonds. The van der Waals surface area contributed by atoms with Crippen LogP contribution < -0.4 is 4.90 Å². The van der Waals surface area contributed by atoms with Gasteiger partial charge in [0, 0.05) is 42.8 Å². The third kappa shape index (κ3) is 2.96. The third-order valence-corrected chi connectivity index (χ3v) is 5.36. The number of nitrogens with zero attached hydrogens (tertiary/aromatic N) is 2. The van der Waals surface area contributed by atoms with Crippen molar-refractivity contribution in [1.82, 2.24) is 9.88 Å². The Morgan fingerprint density at radius 2 is 1.65 bits per heavy atom. The van der Waals surface area contributed by atoms with Crippen LogP contribution in [0.5, 0.6) is 0 Å². The predicted octanol–water partition coefficient (Wildman–Crippen LogP) is 4.06. The summed E-state index contributed by atoms with van der Waals surface area (Å²) in [4.78, 5) is 20.7. The van der Waals surface area contributed by atoms with Gasteiger partial charge < -0.3 is 14.8 Å². The monoisotopic (exact) mass is 347 g/mol. The van der Waals surface area contributed by atoms with Gasteiger partial charge in [0.15, 0.2) is 0 Å². The minimum absolute atomic E-state index is 0.111. The number of nitrogens with one attached hydrogen (secondary N) is 1. The molecule has 0 atom stereocenters. The summed E-state index contributed by atoms with van der Waals surface area (Å²) in [5, 5.41) is 1.14. The van der Waals surface area contributed by atoms with Gasteiger partial charge in [-0.15, -0.1) is 0 Å². The van der Waals surface area contributed by atoms with E-state index in [-0.39, 0.29) is 5.91 Å². The van der Waals surface area contributed by atoms with E-state index in [2.05, 4.69) is 66.2 Å². The molecule has 0 saturated carbocycles. The summed E-state index contributed by atoms with van der Waals surface area (Å²) in [6, 6.07) is 14.9. The number of fused-ring (bicyclic) bond motifs is 1. The Bertz CT molecular complexity index is 965. The number of hydrogen-bond donors (Lipinski definition) is 1. The van der Waals surface area contributed by atoms with Crippen LogP contribution in [0, 0.1) is 20.8 Å². The van der Waals surface area contributed by atoms with E-state index in [1.54, 1.807) is 0 Å². The second-order valence-corrected chi connectivity index (χ2v) is 7.29. The first-order valence-electron chi connectivity index (χ1n) is 9.23. The van der Waals surface area contributed by atoms with Gasteiger partial charge in [-0.05, 0) is 55.7 Å². The molecular formula is C22H25N3O. The summed E-state index contributed by atoms with van der Waals surface area (Å²) < 4.78 is 0. The molecule has 1 aromatic heterocycles. The zero-order valence-corrected chi connectivity index (χ0v) is 15.7. The van der Waals surface area contributed by atoms with Crippen molar-refractivity contribution in [2.75, 3.05) is 31.1 Å². The molecule has 1 fully saturated rings. The fourth-order valence-corrected chi connectivity index (χ4v) is 3.82. The van der Waals surface area contributed by atoms with Crippen molar-refractivity contribution < 1.29 is 4.79 Å². The second kappa shape index (κ2) is 6.52. The lowest BCUT2D eigenvalue weighted by Crippen LogP contribution is -2.49. The first kappa shape index (κ1) is 16.7. The lowest BCUT2D eigenvalue weighted by atomic mass is 10.1. The van der Waals surface area contributed by atoms with Crippen molar-refractivity contribution in [3.8, 4) is 0 Å². The standard InChI is InChI=1S/C22H25N3O/c1-15-5-4-6-18(13-15)24-9-11-25(12-10-24)22(26)21-17(3)19-8-7-16(2)14-20(19)23-21/h4-8,13-14,23H,9-12H2,1-3H3. The van der Waals surface area contributed by atoms with Crippen LogP contribution in [0.3, 0.4) is 0 Å². The smallest absolute Gasteiger partial charge is 0.270 e. The predicted molar refractivity (Wildman–Crippen MR) is 107 cm³/mol. The van der Waals surface area contributed by atoms with Crippen LogP contribution in [0.4, 0.5) is 5.69 Å². The first-order valence-corrected chi connectivity index (χ1v) is 9.23. The Morgan fingerprint density at radius 3 is 2.38 bits per heavy atom. The molecule has 0 bridgehead atoms. The fraction of sp³-hybridized carbons (Fsp3) is 0.318. The van der Waals surface area contributed by atoms with Gasteiger partial charge in [-0.25, -0.2) is 0 Å². The maximum Gasteiger partial charge on any atom is 0.270 e. The summed E-state index contributed by atoms with van der Waals surface area (Å²) in [5.74, 6) is 0.111. The van der Waals surface area contributed by atoms with Gasteiger partial charge in [-0.2, -0.15) is 0 Å². The first-order chi connectivity index (χ1) is 12.5. The van der Waals surface area contributed by atoms with Crippen molar-refractivity contribution in [2.45, 2.75) is 20.8 Å². The Morgan fingerprint density at radius 1 is 0.923 bits per heavy atom. The Balaban J connectivity index is 1.51. The molecule has 4 rings (SSSR count). The zero-order valence-electron chi connectivity index (χ0n) is 15.7. The molecule has 134 valence electrons. The van der Waals surface area contributed by atoms with Crippen LogP contribution in [0.15, 0.2) is 42.5 Å². The van der Waals surface area contributed by atoms with E-state index >= 15 is 0 Å². The Kier molecular flexibility index (Phi) is 4.19. The fourth-order valence-electron chi connectivity index (χ4n) is 3.82. The zero-order chi connectivity index (χ0) is 18.3. The quantitative estimate of drug-likeness (QED) is 0.759. The van der Waals surface area contributed by atoms with Gasteiger partial charge in [0.25, 0.3) is 5.91 Å². The van der Waals surface area contributed by atoms with Crippen LogP contribution in [-0.4, -0.2) is 42.0 Å². The summed E-state index contributed by atoms with van der Waals surface area (Å²) >= 11 is 0. The second-order valence-electron chi connectivity index (χ2n) is 7.29. The van der Waals surface area contributed by atoms with E-state index in [0.29, 0.717) is 0 Å². The van der Waals surface area contributed by atoms with Gasteiger partial charge >= 0.3 is 0 Å².